The first-order valence-corrected chi connectivity index (χ1v) is 5.72. The molecule has 0 aliphatic carbocycles. The fraction of sp³-hybridized carbons (Fsp3) is 0.462. The van der Waals surface area contributed by atoms with Crippen molar-refractivity contribution in [1.82, 2.24) is 5.32 Å². The Morgan fingerprint density at radius 1 is 1.41 bits per heavy atom. The van der Waals surface area contributed by atoms with Crippen LogP contribution in [0.1, 0.15) is 28.8 Å². The molecule has 2 N–H and O–H groups in total. The summed E-state index contributed by atoms with van der Waals surface area (Å²) in [5.41, 5.74) is 1.28. The summed E-state index contributed by atoms with van der Waals surface area (Å²) in [6, 6.07) is 4.84. The molecule has 0 spiro atoms. The molecule has 1 aromatic carbocycles. The number of carbonyl (C=O) groups is 1. The predicted molar refractivity (Wildman–Crippen MR) is 66.3 cm³/mol. The van der Waals surface area contributed by atoms with Gasteiger partial charge in [-0.25, -0.2) is 0 Å². The Balaban J connectivity index is 2.39. The van der Waals surface area contributed by atoms with Crippen molar-refractivity contribution in [3.63, 3.8) is 0 Å². The molecule has 1 rings (SSSR count). The number of unbranched alkanes of at least 4 members (excludes halogenated alkanes) is 1. The highest BCUT2D eigenvalue weighted by molar-refractivity contribution is 5.94. The molecule has 0 aliphatic rings. The highest BCUT2D eigenvalue weighted by Gasteiger charge is 2.06. The lowest BCUT2D eigenvalue weighted by atomic mass is 10.1. The average molecular weight is 237 g/mol. The van der Waals surface area contributed by atoms with Gasteiger partial charge in [0, 0.05) is 25.8 Å². The largest absolute Gasteiger partial charge is 0.508 e. The Morgan fingerprint density at radius 2 is 2.18 bits per heavy atom. The summed E-state index contributed by atoms with van der Waals surface area (Å²) < 4.78 is 4.92. The number of aromatic hydroxyl groups is 1. The molecule has 0 unspecified atom stereocenters. The topological polar surface area (TPSA) is 58.6 Å². The summed E-state index contributed by atoms with van der Waals surface area (Å²) >= 11 is 0. The first-order chi connectivity index (χ1) is 8.15. The average Bonchev–Trinajstić information content (AvgIpc) is 2.32. The zero-order chi connectivity index (χ0) is 12.7. The van der Waals surface area contributed by atoms with E-state index < -0.39 is 0 Å². The van der Waals surface area contributed by atoms with E-state index in [4.69, 9.17) is 4.74 Å². The summed E-state index contributed by atoms with van der Waals surface area (Å²) in [5.74, 6) is 0.104. The van der Waals surface area contributed by atoms with Crippen molar-refractivity contribution in [3.8, 4) is 5.75 Å². The quantitative estimate of drug-likeness (QED) is 0.742. The van der Waals surface area contributed by atoms with Gasteiger partial charge in [-0.15, -0.1) is 0 Å². The van der Waals surface area contributed by atoms with Crippen molar-refractivity contribution in [2.75, 3.05) is 20.3 Å². The summed E-state index contributed by atoms with van der Waals surface area (Å²) in [6.45, 7) is 3.13. The second-order valence-corrected chi connectivity index (χ2v) is 3.96. The summed E-state index contributed by atoms with van der Waals surface area (Å²) in [6.07, 6.45) is 1.84. The lowest BCUT2D eigenvalue weighted by molar-refractivity contribution is 0.0951. The third-order valence-electron chi connectivity index (χ3n) is 2.52. The molecule has 1 amide bonds. The zero-order valence-electron chi connectivity index (χ0n) is 10.3. The Labute approximate surface area is 102 Å². The van der Waals surface area contributed by atoms with Crippen molar-refractivity contribution in [1.29, 1.82) is 0 Å². The number of hydrogen-bond acceptors (Lipinski definition) is 3. The highest BCUT2D eigenvalue weighted by atomic mass is 16.5. The number of phenolic OH excluding ortho intramolecular Hbond substituents is 1. The van der Waals surface area contributed by atoms with E-state index in [1.54, 1.807) is 26.2 Å². The SMILES string of the molecule is COCCCCNC(=O)c1ccc(O)c(C)c1. The number of ether oxygens (including phenoxy) is 1. The minimum atomic E-state index is -0.106. The molecule has 0 saturated heterocycles. The number of nitrogens with one attached hydrogen (secondary N) is 1. The van der Waals surface area contributed by atoms with Crippen LogP contribution >= 0.6 is 0 Å². The van der Waals surface area contributed by atoms with E-state index in [1.807, 2.05) is 0 Å². The smallest absolute Gasteiger partial charge is 0.251 e. The fourth-order valence-corrected chi connectivity index (χ4v) is 1.47. The van der Waals surface area contributed by atoms with E-state index >= 15 is 0 Å². The molecule has 17 heavy (non-hydrogen) atoms. The molecule has 0 fully saturated rings. The van der Waals surface area contributed by atoms with E-state index in [0.717, 1.165) is 12.8 Å². The van der Waals surface area contributed by atoms with Crippen LogP contribution in [0.2, 0.25) is 0 Å². The maximum atomic E-state index is 11.7. The second kappa shape index (κ2) is 6.91. The number of hydrogen-bond donors (Lipinski definition) is 2. The van der Waals surface area contributed by atoms with Crippen LogP contribution in [-0.2, 0) is 4.74 Å². The van der Waals surface area contributed by atoms with Gasteiger partial charge < -0.3 is 15.2 Å². The van der Waals surface area contributed by atoms with E-state index in [0.29, 0.717) is 24.3 Å². The molecule has 0 saturated carbocycles. The lowest BCUT2D eigenvalue weighted by Crippen LogP contribution is -2.24. The van der Waals surface area contributed by atoms with E-state index in [9.17, 15) is 9.90 Å². The van der Waals surface area contributed by atoms with Crippen LogP contribution in [0.5, 0.6) is 5.75 Å². The molecule has 4 nitrogen and oxygen atoms in total. The lowest BCUT2D eigenvalue weighted by Gasteiger charge is -2.06. The van der Waals surface area contributed by atoms with Crippen molar-refractivity contribution < 1.29 is 14.6 Å². The minimum absolute atomic E-state index is 0.106. The van der Waals surface area contributed by atoms with Gasteiger partial charge >= 0.3 is 0 Å². The van der Waals surface area contributed by atoms with E-state index in [-0.39, 0.29) is 11.7 Å². The Kier molecular flexibility index (Phi) is 5.49. The van der Waals surface area contributed by atoms with Crippen LogP contribution in [0.25, 0.3) is 0 Å². The van der Waals surface area contributed by atoms with E-state index in [2.05, 4.69) is 5.32 Å². The molecule has 0 heterocycles. The molecule has 94 valence electrons. The van der Waals surface area contributed by atoms with Gasteiger partial charge in [0.15, 0.2) is 0 Å². The minimum Gasteiger partial charge on any atom is -0.508 e. The van der Waals surface area contributed by atoms with Gasteiger partial charge in [0.1, 0.15) is 5.75 Å². The predicted octanol–water partition coefficient (Wildman–Crippen LogP) is 1.86. The van der Waals surface area contributed by atoms with Gasteiger partial charge in [-0.2, -0.15) is 0 Å². The highest BCUT2D eigenvalue weighted by Crippen LogP contribution is 2.16. The summed E-state index contributed by atoms with van der Waals surface area (Å²) in [5, 5.41) is 12.2. The van der Waals surface area contributed by atoms with Crippen molar-refractivity contribution in [2.45, 2.75) is 19.8 Å². The van der Waals surface area contributed by atoms with Crippen LogP contribution < -0.4 is 5.32 Å². The van der Waals surface area contributed by atoms with Crippen LogP contribution in [0, 0.1) is 6.92 Å². The Hall–Kier alpha value is -1.55. The normalized spacial score (nSPS) is 10.2. The van der Waals surface area contributed by atoms with Crippen LogP contribution in [0.3, 0.4) is 0 Å². The van der Waals surface area contributed by atoms with Crippen molar-refractivity contribution in [2.24, 2.45) is 0 Å². The molecule has 0 aromatic heterocycles. The number of rotatable bonds is 6. The summed E-state index contributed by atoms with van der Waals surface area (Å²) in [4.78, 5) is 11.7. The summed E-state index contributed by atoms with van der Waals surface area (Å²) in [7, 11) is 1.66. The molecule has 0 atom stereocenters. The number of phenols is 1. The molecule has 0 aliphatic heterocycles. The molecule has 1 aromatic rings. The van der Waals surface area contributed by atoms with Crippen LogP contribution in [0.4, 0.5) is 0 Å². The molecule has 0 radical (unpaired) electrons. The second-order valence-electron chi connectivity index (χ2n) is 3.96. The van der Waals surface area contributed by atoms with Crippen LogP contribution in [0.15, 0.2) is 18.2 Å². The maximum Gasteiger partial charge on any atom is 0.251 e. The van der Waals surface area contributed by atoms with Gasteiger partial charge in [-0.05, 0) is 43.5 Å². The monoisotopic (exact) mass is 237 g/mol. The number of aryl methyl sites for hydroxylation is 1. The molecule has 4 heteroatoms. The Bertz CT molecular complexity index is 377. The number of benzene rings is 1. The van der Waals surface area contributed by atoms with Gasteiger partial charge in [0.2, 0.25) is 0 Å². The van der Waals surface area contributed by atoms with Crippen molar-refractivity contribution in [3.05, 3.63) is 29.3 Å². The maximum absolute atomic E-state index is 11.7. The third kappa shape index (κ3) is 4.44. The van der Waals surface area contributed by atoms with Gasteiger partial charge in [-0.1, -0.05) is 0 Å². The molecular weight excluding hydrogens is 218 g/mol. The molecule has 0 bridgehead atoms. The fourth-order valence-electron chi connectivity index (χ4n) is 1.47. The number of amides is 1. The van der Waals surface area contributed by atoms with Crippen LogP contribution in [-0.4, -0.2) is 31.3 Å². The number of methoxy groups -OCH3 is 1. The van der Waals surface area contributed by atoms with Gasteiger partial charge in [-0.3, -0.25) is 4.79 Å². The third-order valence-corrected chi connectivity index (χ3v) is 2.52. The van der Waals surface area contributed by atoms with Gasteiger partial charge in [0.05, 0.1) is 0 Å². The standard InChI is InChI=1S/C13H19NO3/c1-10-9-11(5-6-12(10)15)13(16)14-7-3-4-8-17-2/h5-6,9,15H,3-4,7-8H2,1-2H3,(H,14,16). The van der Waals surface area contributed by atoms with Crippen molar-refractivity contribution >= 4 is 5.91 Å². The van der Waals surface area contributed by atoms with Gasteiger partial charge in [0.25, 0.3) is 5.91 Å². The van der Waals surface area contributed by atoms with E-state index in [1.165, 1.54) is 6.07 Å². The zero-order valence-corrected chi connectivity index (χ0v) is 10.3. The first-order valence-electron chi connectivity index (χ1n) is 5.72. The molecular formula is C13H19NO3. The first kappa shape index (κ1) is 13.5. The number of carbonyl (C=O) groups excluding carboxylic acids is 1. The Morgan fingerprint density at radius 3 is 2.82 bits per heavy atom.